The summed E-state index contributed by atoms with van der Waals surface area (Å²) in [6.07, 6.45) is 2.27. The van der Waals surface area contributed by atoms with Gasteiger partial charge in [-0.15, -0.1) is 0 Å². The van der Waals surface area contributed by atoms with E-state index in [9.17, 15) is 14.0 Å². The number of benzene rings is 1. The van der Waals surface area contributed by atoms with E-state index in [4.69, 9.17) is 4.74 Å². The molecule has 23 heavy (non-hydrogen) atoms. The molecule has 1 heterocycles. The summed E-state index contributed by atoms with van der Waals surface area (Å²) in [7, 11) is 0. The van der Waals surface area contributed by atoms with Gasteiger partial charge >= 0.3 is 0 Å². The number of hydrogen-bond acceptors (Lipinski definition) is 3. The Morgan fingerprint density at radius 1 is 1.17 bits per heavy atom. The summed E-state index contributed by atoms with van der Waals surface area (Å²) < 4.78 is 18.5. The van der Waals surface area contributed by atoms with Gasteiger partial charge in [-0.05, 0) is 36.6 Å². The van der Waals surface area contributed by atoms with E-state index in [1.165, 1.54) is 18.2 Å². The molecule has 1 fully saturated rings. The van der Waals surface area contributed by atoms with E-state index >= 15 is 0 Å². The van der Waals surface area contributed by atoms with Crippen LogP contribution in [-0.4, -0.2) is 38.1 Å². The number of halogens is 1. The van der Waals surface area contributed by atoms with Crippen LogP contribution in [0.5, 0.6) is 0 Å². The Morgan fingerprint density at radius 2 is 1.78 bits per heavy atom. The Bertz CT molecular complexity index is 566. The topological polar surface area (TPSA) is 67.4 Å². The van der Waals surface area contributed by atoms with Crippen molar-refractivity contribution in [2.75, 3.05) is 26.3 Å². The zero-order valence-electron chi connectivity index (χ0n) is 12.9. The van der Waals surface area contributed by atoms with Crippen LogP contribution in [0, 0.1) is 5.82 Å². The van der Waals surface area contributed by atoms with Crippen LogP contribution in [0.2, 0.25) is 0 Å². The third-order valence-electron chi connectivity index (χ3n) is 4.07. The normalized spacial score (nSPS) is 16.4. The maximum atomic E-state index is 13.2. The van der Waals surface area contributed by atoms with Gasteiger partial charge in [-0.2, -0.15) is 0 Å². The van der Waals surface area contributed by atoms with Crippen LogP contribution in [0.4, 0.5) is 4.39 Å². The molecule has 0 spiro atoms. The molecule has 1 aliphatic rings. The molecule has 0 aliphatic carbocycles. The second kappa shape index (κ2) is 7.87. The molecule has 0 radical (unpaired) electrons. The lowest BCUT2D eigenvalue weighted by Gasteiger charge is -2.36. The van der Waals surface area contributed by atoms with Gasteiger partial charge in [0.1, 0.15) is 5.82 Å². The molecule has 2 N–H and O–H groups in total. The van der Waals surface area contributed by atoms with E-state index in [2.05, 4.69) is 17.2 Å². The summed E-state index contributed by atoms with van der Waals surface area (Å²) >= 11 is 0. The number of amides is 2. The van der Waals surface area contributed by atoms with Crippen LogP contribution in [0.3, 0.4) is 0 Å². The molecular weight excluding hydrogens is 299 g/mol. The smallest absolute Gasteiger partial charge is 0.243 e. The van der Waals surface area contributed by atoms with Gasteiger partial charge in [-0.25, -0.2) is 4.39 Å². The average Bonchev–Trinajstić information content (AvgIpc) is 2.59. The van der Waals surface area contributed by atoms with Crippen molar-refractivity contribution in [2.24, 2.45) is 0 Å². The minimum absolute atomic E-state index is 0.125. The van der Waals surface area contributed by atoms with Crippen molar-refractivity contribution < 1.29 is 18.7 Å². The summed E-state index contributed by atoms with van der Waals surface area (Å²) in [5.41, 5.74) is 0.0730. The largest absolute Gasteiger partial charge is 0.381 e. The highest BCUT2D eigenvalue weighted by atomic mass is 19.1. The molecule has 2 amide bonds. The maximum absolute atomic E-state index is 13.2. The van der Waals surface area contributed by atoms with E-state index in [0.717, 1.165) is 5.56 Å². The Morgan fingerprint density at radius 3 is 2.39 bits per heavy atom. The summed E-state index contributed by atoms with van der Waals surface area (Å²) in [6.45, 7) is 4.98. The van der Waals surface area contributed by atoms with Crippen molar-refractivity contribution in [2.45, 2.75) is 18.3 Å². The van der Waals surface area contributed by atoms with Gasteiger partial charge in [0, 0.05) is 26.3 Å². The van der Waals surface area contributed by atoms with E-state index in [1.54, 1.807) is 12.1 Å². The number of nitrogens with one attached hydrogen (secondary N) is 2. The summed E-state index contributed by atoms with van der Waals surface area (Å²) in [5.74, 6) is -0.734. The molecule has 1 aromatic rings. The molecule has 5 nitrogen and oxygen atoms in total. The van der Waals surface area contributed by atoms with E-state index < -0.39 is 5.41 Å². The molecule has 1 aliphatic heterocycles. The fourth-order valence-corrected chi connectivity index (χ4v) is 2.74. The molecule has 0 unspecified atom stereocenters. The highest BCUT2D eigenvalue weighted by Gasteiger charge is 2.41. The van der Waals surface area contributed by atoms with Gasteiger partial charge < -0.3 is 15.4 Å². The second-order valence-electron chi connectivity index (χ2n) is 5.45. The zero-order chi connectivity index (χ0) is 16.7. The lowest BCUT2D eigenvalue weighted by molar-refractivity contribution is -0.130. The van der Waals surface area contributed by atoms with Crippen LogP contribution >= 0.6 is 0 Å². The summed E-state index contributed by atoms with van der Waals surface area (Å²) in [6, 6.07) is 6.04. The van der Waals surface area contributed by atoms with E-state index in [-0.39, 0.29) is 17.6 Å². The third kappa shape index (κ3) is 4.16. The fraction of sp³-hybridized carbons (Fsp3) is 0.412. The monoisotopic (exact) mass is 320 g/mol. The van der Waals surface area contributed by atoms with Crippen molar-refractivity contribution in [3.8, 4) is 0 Å². The molecule has 2 rings (SSSR count). The number of ether oxygens (including phenoxy) is 1. The first-order valence-electron chi connectivity index (χ1n) is 7.61. The highest BCUT2D eigenvalue weighted by molar-refractivity contribution is 5.89. The number of carbonyl (C=O) groups is 2. The van der Waals surface area contributed by atoms with Gasteiger partial charge in [0.25, 0.3) is 0 Å². The first-order chi connectivity index (χ1) is 11.1. The van der Waals surface area contributed by atoms with Gasteiger partial charge in [0.2, 0.25) is 11.8 Å². The van der Waals surface area contributed by atoms with Gasteiger partial charge in [0.15, 0.2) is 0 Å². The van der Waals surface area contributed by atoms with Crippen molar-refractivity contribution in [1.82, 2.24) is 10.6 Å². The van der Waals surface area contributed by atoms with Crippen molar-refractivity contribution in [3.63, 3.8) is 0 Å². The quantitative estimate of drug-likeness (QED) is 0.613. The van der Waals surface area contributed by atoms with Gasteiger partial charge in [0.05, 0.1) is 5.41 Å². The van der Waals surface area contributed by atoms with Crippen LogP contribution in [-0.2, 0) is 19.7 Å². The van der Waals surface area contributed by atoms with Crippen LogP contribution in [0.1, 0.15) is 18.4 Å². The lowest BCUT2D eigenvalue weighted by Crippen LogP contribution is -2.49. The first-order valence-corrected chi connectivity index (χ1v) is 7.61. The van der Waals surface area contributed by atoms with E-state index in [0.29, 0.717) is 39.1 Å². The Labute approximate surface area is 134 Å². The van der Waals surface area contributed by atoms with Gasteiger partial charge in [-0.1, -0.05) is 18.7 Å². The molecule has 124 valence electrons. The predicted molar refractivity (Wildman–Crippen MR) is 84.3 cm³/mol. The Hall–Kier alpha value is -2.21. The minimum atomic E-state index is -0.714. The maximum Gasteiger partial charge on any atom is 0.243 e. The van der Waals surface area contributed by atoms with Crippen molar-refractivity contribution >= 4 is 11.8 Å². The van der Waals surface area contributed by atoms with Crippen molar-refractivity contribution in [1.29, 1.82) is 0 Å². The second-order valence-corrected chi connectivity index (χ2v) is 5.45. The number of rotatable bonds is 6. The Balaban J connectivity index is 2.05. The lowest BCUT2D eigenvalue weighted by atomic mass is 9.73. The molecule has 0 bridgehead atoms. The minimum Gasteiger partial charge on any atom is -0.381 e. The van der Waals surface area contributed by atoms with Gasteiger partial charge in [-0.3, -0.25) is 9.59 Å². The molecule has 1 aromatic carbocycles. The number of carbonyl (C=O) groups excluding carboxylic acids is 2. The van der Waals surface area contributed by atoms with Crippen molar-refractivity contribution in [3.05, 3.63) is 48.3 Å². The summed E-state index contributed by atoms with van der Waals surface area (Å²) in [5, 5.41) is 5.45. The fourth-order valence-electron chi connectivity index (χ4n) is 2.74. The number of hydrogen-bond donors (Lipinski definition) is 2. The third-order valence-corrected chi connectivity index (χ3v) is 4.07. The molecule has 0 atom stereocenters. The zero-order valence-corrected chi connectivity index (χ0v) is 12.9. The molecule has 0 aromatic heterocycles. The standard InChI is InChI=1S/C17H21FN2O3/c1-2-15(21)19-9-10-20-16(22)17(7-11-23-12-8-17)13-3-5-14(18)6-4-13/h2-6H,1,7-12H2,(H,19,21)(H,20,22). The molecule has 6 heteroatoms. The average molecular weight is 320 g/mol. The van der Waals surface area contributed by atoms with Crippen LogP contribution in [0.15, 0.2) is 36.9 Å². The predicted octanol–water partition coefficient (Wildman–Crippen LogP) is 1.29. The first kappa shape index (κ1) is 17.1. The summed E-state index contributed by atoms with van der Waals surface area (Å²) in [4.78, 5) is 23.8. The SMILES string of the molecule is C=CC(=O)NCCNC(=O)C1(c2ccc(F)cc2)CCOCC1. The van der Waals surface area contributed by atoms with Crippen LogP contribution < -0.4 is 10.6 Å². The molecule has 0 saturated carbocycles. The Kier molecular flexibility index (Phi) is 5.87. The molecule has 1 saturated heterocycles. The van der Waals surface area contributed by atoms with Crippen LogP contribution in [0.25, 0.3) is 0 Å². The molecular formula is C17H21FN2O3. The van der Waals surface area contributed by atoms with E-state index in [1.807, 2.05) is 0 Å². The highest BCUT2D eigenvalue weighted by Crippen LogP contribution is 2.35.